The number of likely N-dealkylation sites (tertiary alicyclic amines) is 1. The number of aromatic nitrogens is 4. The summed E-state index contributed by atoms with van der Waals surface area (Å²) >= 11 is 6.24. The zero-order chi connectivity index (χ0) is 26.2. The Morgan fingerprint density at radius 2 is 2.00 bits per heavy atom. The van der Waals surface area contributed by atoms with Crippen molar-refractivity contribution in [3.05, 3.63) is 52.1 Å². The Balaban J connectivity index is 1.26. The first kappa shape index (κ1) is 25.4. The molecule has 1 atom stereocenters. The van der Waals surface area contributed by atoms with E-state index >= 15 is 4.39 Å². The highest BCUT2D eigenvalue weighted by atomic mass is 35.5. The summed E-state index contributed by atoms with van der Waals surface area (Å²) < 4.78 is 15.2. The van der Waals surface area contributed by atoms with Crippen molar-refractivity contribution in [3.63, 3.8) is 0 Å². The molecule has 2 fully saturated rings. The predicted octanol–water partition coefficient (Wildman–Crippen LogP) is 4.94. The van der Waals surface area contributed by atoms with Crippen molar-refractivity contribution >= 4 is 40.8 Å². The number of nitrogens with one attached hydrogen (secondary N) is 4. The molecule has 0 unspecified atom stereocenters. The molecule has 0 aliphatic carbocycles. The van der Waals surface area contributed by atoms with Crippen LogP contribution < -0.4 is 16.0 Å². The maximum absolute atomic E-state index is 15.2. The van der Waals surface area contributed by atoms with Gasteiger partial charge in [-0.25, -0.2) is 9.37 Å². The van der Waals surface area contributed by atoms with Crippen molar-refractivity contribution in [2.75, 3.05) is 30.3 Å². The maximum Gasteiger partial charge on any atom is 0.242 e. The number of hydrogen-bond acceptors (Lipinski definition) is 7. The fourth-order valence-corrected chi connectivity index (χ4v) is 5.43. The average molecular weight is 527 g/mol. The van der Waals surface area contributed by atoms with E-state index in [1.165, 1.54) is 6.20 Å². The number of amides is 1. The number of carbonyl (C=O) groups is 1. The third kappa shape index (κ3) is 5.40. The summed E-state index contributed by atoms with van der Waals surface area (Å²) in [5, 5.41) is 16.7. The molecule has 9 nitrogen and oxygen atoms in total. The smallest absolute Gasteiger partial charge is 0.242 e. The normalized spacial score (nSPS) is 20.3. The Morgan fingerprint density at radius 1 is 1.22 bits per heavy atom. The van der Waals surface area contributed by atoms with E-state index < -0.39 is 5.54 Å². The average Bonchev–Trinajstić information content (AvgIpc) is 3.51. The fraction of sp³-hybridized carbons (Fsp3) is 0.462. The minimum atomic E-state index is -0.446. The van der Waals surface area contributed by atoms with E-state index in [-0.39, 0.29) is 29.3 Å². The highest BCUT2D eigenvalue weighted by Gasteiger charge is 2.40. The Hall–Kier alpha value is -3.24. The van der Waals surface area contributed by atoms with Gasteiger partial charge in [-0.2, -0.15) is 10.1 Å². The van der Waals surface area contributed by atoms with Crippen LogP contribution in [-0.2, 0) is 4.79 Å². The molecule has 1 amide bonds. The first-order valence-electron chi connectivity index (χ1n) is 12.6. The number of H-pyrrole nitrogens is 1. The highest BCUT2D eigenvalue weighted by Crippen LogP contribution is 2.35. The Kier molecular flexibility index (Phi) is 7.04. The second-order valence-electron chi connectivity index (χ2n) is 10.2. The minimum absolute atomic E-state index is 0.185. The first-order valence-corrected chi connectivity index (χ1v) is 13.0. The molecular weight excluding hydrogens is 495 g/mol. The lowest BCUT2D eigenvalue weighted by molar-refractivity contribution is -0.138. The van der Waals surface area contributed by atoms with Crippen LogP contribution in [0.15, 0.2) is 24.4 Å². The first-order chi connectivity index (χ1) is 17.7. The molecule has 4 N–H and O–H groups in total. The van der Waals surface area contributed by atoms with Gasteiger partial charge in [0.2, 0.25) is 11.9 Å². The van der Waals surface area contributed by atoms with E-state index in [0.29, 0.717) is 29.7 Å². The Morgan fingerprint density at radius 3 is 2.68 bits per heavy atom. The van der Waals surface area contributed by atoms with Crippen LogP contribution in [0.3, 0.4) is 0 Å². The number of nitrogens with zero attached hydrogens (tertiary/aromatic N) is 4. The number of hydrogen-bond donors (Lipinski definition) is 4. The second-order valence-corrected chi connectivity index (χ2v) is 10.6. The molecule has 1 aromatic carbocycles. The number of halogens is 2. The maximum atomic E-state index is 15.2. The lowest BCUT2D eigenvalue weighted by Gasteiger charge is -2.37. The van der Waals surface area contributed by atoms with Crippen LogP contribution in [0.4, 0.5) is 27.7 Å². The summed E-state index contributed by atoms with van der Waals surface area (Å²) in [5.74, 6) is 1.16. The standard InChI is InChI=1S/C26H32ClFN8O/c1-15-11-21(31-25-29-14-19(27)23(33-25)32-22-12-16(2)34-35-22)20(28)13-18(15)17-5-9-36(10-6-17)24(37)26(3)7-4-8-30-26/h11-14,17,30H,4-10H2,1-3H3,(H3,29,31,32,33,34,35)/t26-/m0/s1. The monoisotopic (exact) mass is 526 g/mol. The number of benzene rings is 1. The predicted molar refractivity (Wildman–Crippen MR) is 142 cm³/mol. The number of carbonyl (C=O) groups excluding carboxylic acids is 1. The molecule has 0 bridgehead atoms. The molecule has 0 saturated carbocycles. The summed E-state index contributed by atoms with van der Waals surface area (Å²) in [6.07, 6.45) is 4.99. The van der Waals surface area contributed by atoms with Crippen LogP contribution >= 0.6 is 11.6 Å². The third-order valence-corrected chi connectivity index (χ3v) is 7.64. The van der Waals surface area contributed by atoms with Gasteiger partial charge in [0, 0.05) is 24.8 Å². The lowest BCUT2D eigenvalue weighted by atomic mass is 9.85. The van der Waals surface area contributed by atoms with Crippen LogP contribution in [-0.4, -0.2) is 56.1 Å². The molecule has 0 radical (unpaired) electrons. The van der Waals surface area contributed by atoms with Crippen LogP contribution in [0.1, 0.15) is 55.3 Å². The van der Waals surface area contributed by atoms with Crippen LogP contribution in [0.25, 0.3) is 0 Å². The molecule has 37 heavy (non-hydrogen) atoms. The summed E-state index contributed by atoms with van der Waals surface area (Å²) in [4.78, 5) is 23.6. The van der Waals surface area contributed by atoms with Crippen LogP contribution in [0.2, 0.25) is 5.02 Å². The molecule has 3 aromatic rings. The zero-order valence-corrected chi connectivity index (χ0v) is 22.0. The van der Waals surface area contributed by atoms with Gasteiger partial charge in [0.25, 0.3) is 0 Å². The number of anilines is 4. The largest absolute Gasteiger partial charge is 0.341 e. The quantitative estimate of drug-likeness (QED) is 0.360. The van der Waals surface area contributed by atoms with E-state index in [2.05, 4.69) is 36.1 Å². The van der Waals surface area contributed by atoms with Crippen molar-refractivity contribution in [1.29, 1.82) is 0 Å². The molecule has 0 spiro atoms. The van der Waals surface area contributed by atoms with Crippen molar-refractivity contribution in [2.45, 2.75) is 57.9 Å². The summed E-state index contributed by atoms with van der Waals surface area (Å²) in [7, 11) is 0. The van der Waals surface area contributed by atoms with Crippen molar-refractivity contribution in [3.8, 4) is 0 Å². The Bertz CT molecular complexity index is 1300. The minimum Gasteiger partial charge on any atom is -0.341 e. The van der Waals surface area contributed by atoms with E-state index in [9.17, 15) is 4.79 Å². The van der Waals surface area contributed by atoms with Gasteiger partial charge in [0.05, 0.1) is 17.4 Å². The molecule has 196 valence electrons. The molecule has 4 heterocycles. The third-order valence-electron chi connectivity index (χ3n) is 7.36. The molecular formula is C26H32ClFN8O. The van der Waals surface area contributed by atoms with E-state index in [1.807, 2.05) is 31.7 Å². The number of aromatic amines is 1. The number of piperidine rings is 1. The zero-order valence-electron chi connectivity index (χ0n) is 21.3. The fourth-order valence-electron chi connectivity index (χ4n) is 5.29. The van der Waals surface area contributed by atoms with Gasteiger partial charge < -0.3 is 20.9 Å². The number of rotatable bonds is 6. The van der Waals surface area contributed by atoms with Gasteiger partial charge in [-0.1, -0.05) is 11.6 Å². The molecule has 2 saturated heterocycles. The molecule has 2 aromatic heterocycles. The van der Waals surface area contributed by atoms with Gasteiger partial charge in [0.15, 0.2) is 11.6 Å². The summed E-state index contributed by atoms with van der Waals surface area (Å²) in [6, 6.07) is 5.20. The molecule has 2 aliphatic rings. The van der Waals surface area contributed by atoms with Crippen molar-refractivity contribution in [2.24, 2.45) is 0 Å². The van der Waals surface area contributed by atoms with E-state index in [0.717, 1.165) is 49.0 Å². The van der Waals surface area contributed by atoms with Gasteiger partial charge in [0.1, 0.15) is 10.8 Å². The van der Waals surface area contributed by atoms with Crippen molar-refractivity contribution in [1.82, 2.24) is 30.4 Å². The summed E-state index contributed by atoms with van der Waals surface area (Å²) in [5.41, 5.74) is 2.70. The van der Waals surface area contributed by atoms with Gasteiger partial charge in [-0.05, 0) is 82.2 Å². The van der Waals surface area contributed by atoms with Crippen LogP contribution in [0.5, 0.6) is 0 Å². The van der Waals surface area contributed by atoms with E-state index in [1.54, 1.807) is 12.1 Å². The van der Waals surface area contributed by atoms with Crippen LogP contribution in [0, 0.1) is 19.7 Å². The molecule has 5 rings (SSSR count). The van der Waals surface area contributed by atoms with Gasteiger partial charge in [-0.3, -0.25) is 9.89 Å². The highest BCUT2D eigenvalue weighted by molar-refractivity contribution is 6.32. The Labute approximate surface area is 220 Å². The summed E-state index contributed by atoms with van der Waals surface area (Å²) in [6.45, 7) is 8.13. The van der Waals surface area contributed by atoms with Gasteiger partial charge in [-0.15, -0.1) is 0 Å². The second kappa shape index (κ2) is 10.3. The van der Waals surface area contributed by atoms with Crippen molar-refractivity contribution < 1.29 is 9.18 Å². The van der Waals surface area contributed by atoms with Gasteiger partial charge >= 0.3 is 0 Å². The topological polar surface area (TPSA) is 111 Å². The molecule has 2 aliphatic heterocycles. The number of aryl methyl sites for hydroxylation is 2. The molecule has 11 heteroatoms. The SMILES string of the molecule is Cc1cc(Nc2nc(Nc3cc(C)c(C4CCN(C(=O)[C@]5(C)CCCN5)CC4)cc3F)ncc2Cl)n[nH]1. The lowest BCUT2D eigenvalue weighted by Crippen LogP contribution is -2.54. The van der Waals surface area contributed by atoms with E-state index in [4.69, 9.17) is 11.6 Å².